The maximum absolute atomic E-state index is 12.7. The van der Waals surface area contributed by atoms with Crippen LogP contribution in [0, 0.1) is 5.92 Å². The first-order chi connectivity index (χ1) is 12.3. The van der Waals surface area contributed by atoms with Gasteiger partial charge >= 0.3 is 0 Å². The number of nitrogens with one attached hydrogen (secondary N) is 1. The first-order valence-corrected chi connectivity index (χ1v) is 10.0. The van der Waals surface area contributed by atoms with E-state index in [2.05, 4.69) is 17.4 Å². The average Bonchev–Trinajstić information content (AvgIpc) is 3.14. The lowest BCUT2D eigenvalue weighted by molar-refractivity contribution is 0.0886. The van der Waals surface area contributed by atoms with Gasteiger partial charge in [0.2, 0.25) is 0 Å². The van der Waals surface area contributed by atoms with Crippen LogP contribution in [0.2, 0.25) is 0 Å². The number of carbonyl (C=O) groups is 1. The fourth-order valence-corrected chi connectivity index (χ4v) is 4.37. The average molecular weight is 395 g/mol. The van der Waals surface area contributed by atoms with Gasteiger partial charge in [0.25, 0.3) is 5.91 Å². The SMILES string of the molecule is Cl.NCC(NC(=O)c1occc1CSc1ccccc1)C1CCCCC1. The lowest BCUT2D eigenvalue weighted by atomic mass is 9.84. The largest absolute Gasteiger partial charge is 0.459 e. The van der Waals surface area contributed by atoms with Gasteiger partial charge in [-0.3, -0.25) is 4.79 Å². The fraction of sp³-hybridized carbons (Fsp3) is 0.450. The maximum atomic E-state index is 12.7. The minimum absolute atomic E-state index is 0. The van der Waals surface area contributed by atoms with E-state index in [4.69, 9.17) is 10.2 Å². The Bertz CT molecular complexity index is 671. The predicted molar refractivity (Wildman–Crippen MR) is 109 cm³/mol. The van der Waals surface area contributed by atoms with Crippen molar-refractivity contribution < 1.29 is 9.21 Å². The molecule has 2 aromatic rings. The van der Waals surface area contributed by atoms with Gasteiger partial charge in [-0.05, 0) is 37.0 Å². The van der Waals surface area contributed by atoms with Crippen molar-refractivity contribution in [2.45, 2.75) is 48.8 Å². The molecule has 1 aromatic heterocycles. The van der Waals surface area contributed by atoms with E-state index in [-0.39, 0.29) is 24.4 Å². The van der Waals surface area contributed by atoms with E-state index in [1.54, 1.807) is 18.0 Å². The topological polar surface area (TPSA) is 68.3 Å². The molecule has 1 aromatic carbocycles. The van der Waals surface area contributed by atoms with Crippen LogP contribution in [0.4, 0.5) is 0 Å². The normalized spacial score (nSPS) is 15.9. The summed E-state index contributed by atoms with van der Waals surface area (Å²) in [4.78, 5) is 13.9. The third-order valence-corrected chi connectivity index (χ3v) is 5.94. The zero-order valence-electron chi connectivity index (χ0n) is 14.9. The number of rotatable bonds is 7. The molecule has 1 unspecified atom stereocenters. The van der Waals surface area contributed by atoms with Crippen molar-refractivity contribution in [1.29, 1.82) is 0 Å². The Balaban J connectivity index is 0.00000243. The Morgan fingerprint density at radius 1 is 1.19 bits per heavy atom. The minimum Gasteiger partial charge on any atom is -0.459 e. The van der Waals surface area contributed by atoms with Crippen LogP contribution in [0.25, 0.3) is 0 Å². The lowest BCUT2D eigenvalue weighted by Gasteiger charge is -2.29. The summed E-state index contributed by atoms with van der Waals surface area (Å²) in [5.74, 6) is 1.46. The van der Waals surface area contributed by atoms with Gasteiger partial charge in [-0.25, -0.2) is 0 Å². The summed E-state index contributed by atoms with van der Waals surface area (Å²) in [7, 11) is 0. The van der Waals surface area contributed by atoms with Gasteiger partial charge in [0.1, 0.15) is 0 Å². The van der Waals surface area contributed by atoms with Crippen molar-refractivity contribution in [3.8, 4) is 0 Å². The van der Waals surface area contributed by atoms with Gasteiger partial charge in [-0.2, -0.15) is 0 Å². The summed E-state index contributed by atoms with van der Waals surface area (Å²) < 4.78 is 5.48. The Morgan fingerprint density at radius 2 is 1.92 bits per heavy atom. The third kappa shape index (κ3) is 5.53. The summed E-state index contributed by atoms with van der Waals surface area (Å²) in [6.45, 7) is 0.477. The molecule has 0 bridgehead atoms. The number of hydrogen-bond acceptors (Lipinski definition) is 4. The van der Waals surface area contributed by atoms with Crippen LogP contribution in [0.15, 0.2) is 52.0 Å². The molecule has 1 heterocycles. The number of carbonyl (C=O) groups excluding carboxylic acids is 1. The molecule has 6 heteroatoms. The Labute approximate surface area is 165 Å². The molecule has 3 N–H and O–H groups in total. The molecule has 1 saturated carbocycles. The monoisotopic (exact) mass is 394 g/mol. The van der Waals surface area contributed by atoms with E-state index in [0.29, 0.717) is 24.0 Å². The van der Waals surface area contributed by atoms with E-state index in [1.807, 2.05) is 24.3 Å². The second-order valence-corrected chi connectivity index (χ2v) is 7.64. The molecule has 0 spiro atoms. The smallest absolute Gasteiger partial charge is 0.287 e. The molecule has 1 aliphatic carbocycles. The standard InChI is InChI=1S/C20H26N2O2S.ClH/c21-13-18(15-7-3-1-4-8-15)22-20(23)19-16(11-12-24-19)14-25-17-9-5-2-6-10-17;/h2,5-6,9-12,15,18H,1,3-4,7-8,13-14,21H2,(H,22,23);1H. The Morgan fingerprint density at radius 3 is 2.62 bits per heavy atom. The number of hydrogen-bond donors (Lipinski definition) is 2. The number of thioether (sulfide) groups is 1. The molecule has 1 atom stereocenters. The number of benzene rings is 1. The van der Waals surface area contributed by atoms with Gasteiger partial charge in [-0.1, -0.05) is 37.5 Å². The van der Waals surface area contributed by atoms with Crippen molar-refractivity contribution in [1.82, 2.24) is 5.32 Å². The second kappa shape index (κ2) is 10.7. The molecule has 1 amide bonds. The number of amides is 1. The van der Waals surface area contributed by atoms with Crippen molar-refractivity contribution in [3.63, 3.8) is 0 Å². The number of nitrogens with two attached hydrogens (primary N) is 1. The predicted octanol–water partition coefficient (Wildman–Crippen LogP) is 4.63. The van der Waals surface area contributed by atoms with Gasteiger partial charge < -0.3 is 15.5 Å². The highest BCUT2D eigenvalue weighted by Gasteiger charge is 2.26. The van der Waals surface area contributed by atoms with Crippen LogP contribution in [-0.2, 0) is 5.75 Å². The van der Waals surface area contributed by atoms with E-state index in [1.165, 1.54) is 24.2 Å². The molecular formula is C20H27ClN2O2S. The van der Waals surface area contributed by atoms with E-state index >= 15 is 0 Å². The highest BCUT2D eigenvalue weighted by Crippen LogP contribution is 2.27. The first kappa shape index (κ1) is 20.9. The van der Waals surface area contributed by atoms with Gasteiger partial charge in [0.15, 0.2) is 5.76 Å². The number of halogens is 1. The van der Waals surface area contributed by atoms with E-state index < -0.39 is 0 Å². The quantitative estimate of drug-likeness (QED) is 0.671. The molecule has 26 heavy (non-hydrogen) atoms. The van der Waals surface area contributed by atoms with Crippen molar-refractivity contribution >= 4 is 30.1 Å². The molecule has 3 rings (SSSR count). The summed E-state index contributed by atoms with van der Waals surface area (Å²) >= 11 is 1.70. The van der Waals surface area contributed by atoms with Crippen molar-refractivity contribution in [3.05, 3.63) is 54.0 Å². The molecule has 1 aliphatic rings. The van der Waals surface area contributed by atoms with Gasteiger partial charge in [-0.15, -0.1) is 24.2 Å². The van der Waals surface area contributed by atoms with E-state index in [0.717, 1.165) is 18.4 Å². The summed E-state index contributed by atoms with van der Waals surface area (Å²) in [5.41, 5.74) is 6.85. The van der Waals surface area contributed by atoms with Crippen LogP contribution < -0.4 is 11.1 Å². The summed E-state index contributed by atoms with van der Waals surface area (Å²) in [5, 5.41) is 3.11. The van der Waals surface area contributed by atoms with Crippen LogP contribution in [0.5, 0.6) is 0 Å². The zero-order chi connectivity index (χ0) is 17.5. The molecule has 0 saturated heterocycles. The van der Waals surface area contributed by atoms with Gasteiger partial charge in [0.05, 0.1) is 6.26 Å². The first-order valence-electron chi connectivity index (χ1n) is 9.03. The Kier molecular flexibility index (Phi) is 8.55. The molecule has 142 valence electrons. The third-order valence-electron chi connectivity index (χ3n) is 4.88. The van der Waals surface area contributed by atoms with Crippen molar-refractivity contribution in [2.24, 2.45) is 11.7 Å². The molecule has 0 aliphatic heterocycles. The highest BCUT2D eigenvalue weighted by molar-refractivity contribution is 7.98. The van der Waals surface area contributed by atoms with Gasteiger partial charge in [0, 0.05) is 28.8 Å². The summed E-state index contributed by atoms with van der Waals surface area (Å²) in [6.07, 6.45) is 7.65. The maximum Gasteiger partial charge on any atom is 0.287 e. The van der Waals surface area contributed by atoms with E-state index in [9.17, 15) is 4.79 Å². The zero-order valence-corrected chi connectivity index (χ0v) is 16.5. The lowest BCUT2D eigenvalue weighted by Crippen LogP contribution is -2.46. The van der Waals surface area contributed by atoms with Crippen LogP contribution in [0.1, 0.15) is 48.2 Å². The van der Waals surface area contributed by atoms with Crippen LogP contribution in [-0.4, -0.2) is 18.5 Å². The molecule has 4 nitrogen and oxygen atoms in total. The molecular weight excluding hydrogens is 368 g/mol. The molecule has 0 radical (unpaired) electrons. The molecule has 1 fully saturated rings. The summed E-state index contributed by atoms with van der Waals surface area (Å²) in [6, 6.07) is 12.1. The van der Waals surface area contributed by atoms with Crippen molar-refractivity contribution in [2.75, 3.05) is 6.54 Å². The highest BCUT2D eigenvalue weighted by atomic mass is 35.5. The minimum atomic E-state index is -0.144. The van der Waals surface area contributed by atoms with Crippen LogP contribution >= 0.6 is 24.2 Å². The van der Waals surface area contributed by atoms with Crippen LogP contribution in [0.3, 0.4) is 0 Å². The second-order valence-electron chi connectivity index (χ2n) is 6.59. The Hall–Kier alpha value is -1.43. The number of furan rings is 1. The fourth-order valence-electron chi connectivity index (χ4n) is 3.47.